The molecule has 56 valence electrons. The molecule has 0 aliphatic heterocycles. The van der Waals surface area contributed by atoms with Gasteiger partial charge in [0.2, 0.25) is 5.88 Å². The third-order valence-electron chi connectivity index (χ3n) is 0.820. The van der Waals surface area contributed by atoms with Crippen molar-refractivity contribution in [3.05, 3.63) is 10.9 Å². The maximum Gasteiger partial charge on any atom is 0.224 e. The van der Waals surface area contributed by atoms with E-state index in [0.29, 0.717) is 0 Å². The molecule has 0 spiro atoms. The van der Waals surface area contributed by atoms with Crippen molar-refractivity contribution < 1.29 is 4.74 Å². The summed E-state index contributed by atoms with van der Waals surface area (Å²) in [6.07, 6.45) is 0. The van der Waals surface area contributed by atoms with E-state index >= 15 is 0 Å². The van der Waals surface area contributed by atoms with E-state index in [9.17, 15) is 0 Å². The van der Waals surface area contributed by atoms with Gasteiger partial charge in [0.1, 0.15) is 5.60 Å². The Bertz CT molecular complexity index is 188. The van der Waals surface area contributed by atoms with Crippen LogP contribution >= 0.6 is 11.3 Å². The fraction of sp³-hybridized carbons (Fsp3) is 0.571. The van der Waals surface area contributed by atoms with Gasteiger partial charge in [0, 0.05) is 0 Å². The Morgan fingerprint density at radius 3 is 2.60 bits per heavy atom. The normalized spacial score (nSPS) is 11.5. The van der Waals surface area contributed by atoms with Crippen molar-refractivity contribution in [3.63, 3.8) is 0 Å². The highest BCUT2D eigenvalue weighted by atomic mass is 32.1. The zero-order valence-corrected chi connectivity index (χ0v) is 7.23. The van der Waals surface area contributed by atoms with Crippen molar-refractivity contribution in [2.45, 2.75) is 26.4 Å². The highest BCUT2D eigenvalue weighted by Gasteiger charge is 2.11. The average Bonchev–Trinajstić information content (AvgIpc) is 2.12. The Kier molecular flexibility index (Phi) is 1.94. The van der Waals surface area contributed by atoms with Gasteiger partial charge in [-0.2, -0.15) is 0 Å². The summed E-state index contributed by atoms with van der Waals surface area (Å²) in [7, 11) is 0. The first-order valence-electron chi connectivity index (χ1n) is 3.15. The first-order chi connectivity index (χ1) is 4.58. The molecule has 1 aromatic rings. The van der Waals surface area contributed by atoms with E-state index in [0.717, 1.165) is 5.88 Å². The van der Waals surface area contributed by atoms with E-state index in [1.807, 2.05) is 26.2 Å². The van der Waals surface area contributed by atoms with Gasteiger partial charge in [-0.15, -0.1) is 11.3 Å². The second-order valence-electron chi connectivity index (χ2n) is 3.04. The van der Waals surface area contributed by atoms with Crippen molar-refractivity contribution in [1.82, 2.24) is 4.98 Å². The lowest BCUT2D eigenvalue weighted by Crippen LogP contribution is -2.22. The fourth-order valence-corrected chi connectivity index (χ4v) is 1.02. The first-order valence-corrected chi connectivity index (χ1v) is 4.09. The Morgan fingerprint density at radius 1 is 1.50 bits per heavy atom. The molecule has 0 amide bonds. The van der Waals surface area contributed by atoms with Gasteiger partial charge in [-0.1, -0.05) is 0 Å². The van der Waals surface area contributed by atoms with Gasteiger partial charge in [0.15, 0.2) is 0 Å². The first kappa shape index (κ1) is 7.54. The highest BCUT2D eigenvalue weighted by Crippen LogP contribution is 2.16. The Morgan fingerprint density at radius 2 is 2.20 bits per heavy atom. The third kappa shape index (κ3) is 2.35. The summed E-state index contributed by atoms with van der Waals surface area (Å²) in [5.74, 6) is 0.720. The molecule has 10 heavy (non-hydrogen) atoms. The summed E-state index contributed by atoms with van der Waals surface area (Å²) in [5.41, 5.74) is 1.63. The van der Waals surface area contributed by atoms with Gasteiger partial charge >= 0.3 is 0 Å². The molecule has 0 bridgehead atoms. The molecule has 0 unspecified atom stereocenters. The van der Waals surface area contributed by atoms with Gasteiger partial charge in [-0.25, -0.2) is 4.98 Å². The summed E-state index contributed by atoms with van der Waals surface area (Å²) >= 11 is 1.54. The molecule has 0 aliphatic carbocycles. The number of hydrogen-bond donors (Lipinski definition) is 0. The Labute approximate surface area is 64.9 Å². The van der Waals surface area contributed by atoms with Crippen LogP contribution in [0.5, 0.6) is 5.88 Å². The molecule has 0 atom stereocenters. The molecule has 1 aromatic heterocycles. The minimum absolute atomic E-state index is 0.131. The molecule has 0 fully saturated rings. The molecule has 2 nitrogen and oxygen atoms in total. The van der Waals surface area contributed by atoms with E-state index in [2.05, 4.69) is 4.98 Å². The smallest absolute Gasteiger partial charge is 0.224 e. The predicted molar refractivity (Wildman–Crippen MR) is 42.5 cm³/mol. The quantitative estimate of drug-likeness (QED) is 0.624. The molecule has 0 saturated carbocycles. The van der Waals surface area contributed by atoms with Gasteiger partial charge in [0.25, 0.3) is 0 Å². The summed E-state index contributed by atoms with van der Waals surface area (Å²) in [4.78, 5) is 4.00. The van der Waals surface area contributed by atoms with E-state index < -0.39 is 0 Å². The van der Waals surface area contributed by atoms with Gasteiger partial charge in [-0.3, -0.25) is 0 Å². The maximum atomic E-state index is 5.44. The number of rotatable bonds is 1. The highest BCUT2D eigenvalue weighted by molar-refractivity contribution is 7.07. The number of aromatic nitrogens is 1. The van der Waals surface area contributed by atoms with Crippen LogP contribution in [-0.2, 0) is 0 Å². The van der Waals surface area contributed by atoms with Gasteiger partial charge in [0.05, 0.1) is 10.9 Å². The van der Waals surface area contributed by atoms with E-state index in [1.165, 1.54) is 0 Å². The second-order valence-corrected chi connectivity index (χ2v) is 3.76. The zero-order chi connectivity index (χ0) is 7.61. The van der Waals surface area contributed by atoms with E-state index in [1.54, 1.807) is 16.8 Å². The summed E-state index contributed by atoms with van der Waals surface area (Å²) < 4.78 is 5.44. The summed E-state index contributed by atoms with van der Waals surface area (Å²) in [6.45, 7) is 6.02. The number of thiazole rings is 1. The molecule has 0 N–H and O–H groups in total. The van der Waals surface area contributed by atoms with E-state index in [4.69, 9.17) is 4.74 Å². The maximum absolute atomic E-state index is 5.44. The largest absolute Gasteiger partial charge is 0.471 e. The van der Waals surface area contributed by atoms with E-state index in [-0.39, 0.29) is 5.60 Å². The van der Waals surface area contributed by atoms with Crippen LogP contribution in [-0.4, -0.2) is 10.6 Å². The van der Waals surface area contributed by atoms with Crippen LogP contribution in [0.15, 0.2) is 10.9 Å². The molecule has 0 radical (unpaired) electrons. The predicted octanol–water partition coefficient (Wildman–Crippen LogP) is 2.32. The van der Waals surface area contributed by atoms with Gasteiger partial charge in [-0.05, 0) is 20.8 Å². The van der Waals surface area contributed by atoms with Crippen LogP contribution in [0.4, 0.5) is 0 Å². The molecule has 0 aliphatic rings. The summed E-state index contributed by atoms with van der Waals surface area (Å²) in [6, 6.07) is 0. The average molecular weight is 157 g/mol. The number of hydrogen-bond acceptors (Lipinski definition) is 3. The molecule has 0 saturated heterocycles. The van der Waals surface area contributed by atoms with Crippen LogP contribution in [0.2, 0.25) is 0 Å². The molecule has 1 rings (SSSR count). The topological polar surface area (TPSA) is 22.1 Å². The van der Waals surface area contributed by atoms with Crippen LogP contribution < -0.4 is 4.74 Å². The lowest BCUT2D eigenvalue weighted by Gasteiger charge is -2.18. The van der Waals surface area contributed by atoms with Crippen molar-refractivity contribution in [2.24, 2.45) is 0 Å². The van der Waals surface area contributed by atoms with Crippen LogP contribution in [0.1, 0.15) is 20.8 Å². The minimum atomic E-state index is -0.131. The van der Waals surface area contributed by atoms with Crippen molar-refractivity contribution in [3.8, 4) is 5.88 Å². The molecular weight excluding hydrogens is 146 g/mol. The number of nitrogens with zero attached hydrogens (tertiary/aromatic N) is 1. The summed E-state index contributed by atoms with van der Waals surface area (Å²) in [5, 5.41) is 1.89. The minimum Gasteiger partial charge on any atom is -0.471 e. The Balaban J connectivity index is 2.57. The van der Waals surface area contributed by atoms with Crippen molar-refractivity contribution in [2.75, 3.05) is 0 Å². The van der Waals surface area contributed by atoms with Crippen molar-refractivity contribution in [1.29, 1.82) is 0 Å². The third-order valence-corrected chi connectivity index (χ3v) is 1.39. The monoisotopic (exact) mass is 157 g/mol. The Hall–Kier alpha value is -0.570. The molecule has 0 aromatic carbocycles. The van der Waals surface area contributed by atoms with Crippen molar-refractivity contribution >= 4 is 11.3 Å². The van der Waals surface area contributed by atoms with Crippen LogP contribution in [0.25, 0.3) is 0 Å². The molecule has 1 heterocycles. The fourth-order valence-electron chi connectivity index (χ4n) is 0.566. The van der Waals surface area contributed by atoms with Gasteiger partial charge < -0.3 is 4.74 Å². The standard InChI is InChI=1S/C7H11NOS/c1-7(2,3)9-6-4-10-5-8-6/h4-5H,1-3H3. The SMILES string of the molecule is CC(C)(C)Oc1cscn1. The number of ether oxygens (including phenoxy) is 1. The molecular formula is C7H11NOS. The lowest BCUT2D eigenvalue weighted by atomic mass is 10.2. The lowest BCUT2D eigenvalue weighted by molar-refractivity contribution is 0.125. The molecule has 3 heteroatoms. The van der Waals surface area contributed by atoms with Crippen LogP contribution in [0, 0.1) is 0 Å². The zero-order valence-electron chi connectivity index (χ0n) is 6.42. The second kappa shape index (κ2) is 2.58. The van der Waals surface area contributed by atoms with Crippen LogP contribution in [0.3, 0.4) is 0 Å².